The van der Waals surface area contributed by atoms with Gasteiger partial charge in [0.05, 0.1) is 6.04 Å². The molecule has 1 amide bonds. The number of fused-ring (bicyclic) bond motifs is 1. The number of allylic oxidation sites excluding steroid dienone is 2. The minimum absolute atomic E-state index is 0.0348. The number of hydrogen-bond donors (Lipinski definition) is 1. The lowest BCUT2D eigenvalue weighted by atomic mass is 9.83. The van der Waals surface area contributed by atoms with Crippen LogP contribution >= 0.6 is 11.8 Å². The van der Waals surface area contributed by atoms with Gasteiger partial charge in [0.25, 0.3) is 5.91 Å². The van der Waals surface area contributed by atoms with Gasteiger partial charge in [-0.15, -0.1) is 0 Å². The van der Waals surface area contributed by atoms with Crippen LogP contribution in [0, 0.1) is 5.41 Å². The molecule has 0 spiro atoms. The molecule has 1 aromatic rings. The van der Waals surface area contributed by atoms with Gasteiger partial charge in [-0.05, 0) is 29.5 Å². The Bertz CT molecular complexity index is 794. The summed E-state index contributed by atoms with van der Waals surface area (Å²) in [5.74, 6) is 1.09. The van der Waals surface area contributed by atoms with Crippen molar-refractivity contribution < 1.29 is 4.79 Å². The monoisotopic (exact) mass is 353 g/mol. The second-order valence-corrected chi connectivity index (χ2v) is 8.56. The molecule has 0 radical (unpaired) electrons. The highest BCUT2D eigenvalue weighted by Crippen LogP contribution is 2.33. The molecule has 130 valence electrons. The maximum Gasteiger partial charge on any atom is 0.255 e. The first-order valence-electron chi connectivity index (χ1n) is 8.76. The van der Waals surface area contributed by atoms with E-state index in [1.807, 2.05) is 30.0 Å². The van der Waals surface area contributed by atoms with Crippen LogP contribution in [-0.4, -0.2) is 34.8 Å². The summed E-state index contributed by atoms with van der Waals surface area (Å²) in [5.41, 5.74) is 2.77. The van der Waals surface area contributed by atoms with Crippen LogP contribution in [0.2, 0.25) is 0 Å². The average Bonchev–Trinajstić information content (AvgIpc) is 3.16. The van der Waals surface area contributed by atoms with E-state index in [2.05, 4.69) is 48.3 Å². The molecule has 4 nitrogen and oxygen atoms in total. The molecular weight excluding hydrogens is 330 g/mol. The Kier molecular flexibility index (Phi) is 4.20. The molecule has 1 aliphatic carbocycles. The highest BCUT2D eigenvalue weighted by Gasteiger charge is 2.30. The van der Waals surface area contributed by atoms with E-state index in [-0.39, 0.29) is 17.4 Å². The van der Waals surface area contributed by atoms with Crippen LogP contribution in [0.3, 0.4) is 0 Å². The Morgan fingerprint density at radius 1 is 1.40 bits per heavy atom. The van der Waals surface area contributed by atoms with E-state index in [1.165, 1.54) is 5.17 Å². The van der Waals surface area contributed by atoms with E-state index < -0.39 is 0 Å². The summed E-state index contributed by atoms with van der Waals surface area (Å²) in [5, 5.41) is 4.20. The molecule has 5 heteroatoms. The number of hydrogen-bond acceptors (Lipinski definition) is 4. The van der Waals surface area contributed by atoms with Crippen molar-refractivity contribution in [2.45, 2.75) is 26.3 Å². The number of carbonyl (C=O) groups is 1. The van der Waals surface area contributed by atoms with Gasteiger partial charge in [-0.2, -0.15) is 0 Å². The number of carbonyl (C=O) groups excluding carboxylic acids is 1. The Labute approximate surface area is 153 Å². The summed E-state index contributed by atoms with van der Waals surface area (Å²) in [4.78, 5) is 19.7. The molecule has 2 heterocycles. The van der Waals surface area contributed by atoms with Crippen LogP contribution in [-0.2, 0) is 4.79 Å². The second kappa shape index (κ2) is 6.37. The third-order valence-corrected chi connectivity index (χ3v) is 5.81. The van der Waals surface area contributed by atoms with Crippen molar-refractivity contribution >= 4 is 28.5 Å². The standard InChI is InChI=1S/C20H23N3OS/c1-20(2)8-4-6-15(12-20)18(24)21-16-7-3-5-14(11-16)17-13-23-9-10-25-19(23)22-17/h3-7,11-12,17H,8-10,13H2,1-2H3,(H,21,24). The molecule has 1 aromatic carbocycles. The lowest BCUT2D eigenvalue weighted by Gasteiger charge is -2.23. The van der Waals surface area contributed by atoms with Crippen molar-refractivity contribution in [1.82, 2.24) is 4.90 Å². The zero-order valence-corrected chi connectivity index (χ0v) is 15.5. The molecule has 1 unspecified atom stereocenters. The Balaban J connectivity index is 1.49. The van der Waals surface area contributed by atoms with Crippen molar-refractivity contribution in [3.05, 3.63) is 53.6 Å². The third kappa shape index (κ3) is 3.52. The van der Waals surface area contributed by atoms with Gasteiger partial charge in [-0.1, -0.05) is 56.0 Å². The van der Waals surface area contributed by atoms with Crippen molar-refractivity contribution in [1.29, 1.82) is 0 Å². The molecule has 1 atom stereocenters. The van der Waals surface area contributed by atoms with Gasteiger partial charge >= 0.3 is 0 Å². The van der Waals surface area contributed by atoms with Gasteiger partial charge in [-0.25, -0.2) is 0 Å². The lowest BCUT2D eigenvalue weighted by Crippen LogP contribution is -2.22. The van der Waals surface area contributed by atoms with Crippen LogP contribution in [0.25, 0.3) is 0 Å². The Hall–Kier alpha value is -2.01. The van der Waals surface area contributed by atoms with E-state index in [0.29, 0.717) is 0 Å². The fourth-order valence-corrected chi connectivity index (χ4v) is 4.52. The van der Waals surface area contributed by atoms with Crippen LogP contribution < -0.4 is 5.32 Å². The first kappa shape index (κ1) is 16.5. The second-order valence-electron chi connectivity index (χ2n) is 7.50. The quantitative estimate of drug-likeness (QED) is 0.893. The molecule has 0 saturated carbocycles. The van der Waals surface area contributed by atoms with Gasteiger partial charge in [0.1, 0.15) is 0 Å². The van der Waals surface area contributed by atoms with Gasteiger partial charge in [0.2, 0.25) is 0 Å². The number of amidine groups is 1. The van der Waals surface area contributed by atoms with Gasteiger partial charge in [0.15, 0.2) is 5.17 Å². The fraction of sp³-hybridized carbons (Fsp3) is 0.400. The number of anilines is 1. The summed E-state index contributed by atoms with van der Waals surface area (Å²) in [6.45, 7) is 6.33. The summed E-state index contributed by atoms with van der Waals surface area (Å²) in [6.07, 6.45) is 7.01. The van der Waals surface area contributed by atoms with Crippen LogP contribution in [0.1, 0.15) is 31.9 Å². The number of thioether (sulfide) groups is 1. The average molecular weight is 353 g/mol. The molecule has 1 saturated heterocycles. The normalized spacial score (nSPS) is 23.9. The number of amides is 1. The number of aliphatic imine (C=N–C) groups is 1. The minimum Gasteiger partial charge on any atom is -0.348 e. The molecule has 2 aliphatic heterocycles. The van der Waals surface area contributed by atoms with Crippen molar-refractivity contribution in [3.8, 4) is 0 Å². The number of rotatable bonds is 3. The maximum atomic E-state index is 12.6. The topological polar surface area (TPSA) is 44.7 Å². The van der Waals surface area contributed by atoms with E-state index in [0.717, 1.165) is 42.1 Å². The zero-order chi connectivity index (χ0) is 17.4. The Morgan fingerprint density at radius 3 is 3.08 bits per heavy atom. The number of nitrogens with zero attached hydrogens (tertiary/aromatic N) is 2. The number of benzene rings is 1. The molecule has 1 fully saturated rings. The van der Waals surface area contributed by atoms with Gasteiger partial charge < -0.3 is 10.2 Å². The molecular formula is C20H23N3OS. The highest BCUT2D eigenvalue weighted by molar-refractivity contribution is 8.14. The summed E-state index contributed by atoms with van der Waals surface area (Å²) in [7, 11) is 0. The molecule has 0 aromatic heterocycles. The van der Waals surface area contributed by atoms with Crippen molar-refractivity contribution in [3.63, 3.8) is 0 Å². The van der Waals surface area contributed by atoms with Crippen LogP contribution in [0.4, 0.5) is 5.69 Å². The molecule has 25 heavy (non-hydrogen) atoms. The van der Waals surface area contributed by atoms with E-state index in [9.17, 15) is 4.79 Å². The number of nitrogens with one attached hydrogen (secondary N) is 1. The van der Waals surface area contributed by atoms with E-state index in [4.69, 9.17) is 4.99 Å². The fourth-order valence-electron chi connectivity index (χ4n) is 3.47. The lowest BCUT2D eigenvalue weighted by molar-refractivity contribution is -0.112. The first-order valence-corrected chi connectivity index (χ1v) is 9.75. The smallest absolute Gasteiger partial charge is 0.255 e. The molecule has 3 aliphatic rings. The molecule has 0 bridgehead atoms. The predicted octanol–water partition coefficient (Wildman–Crippen LogP) is 4.00. The van der Waals surface area contributed by atoms with E-state index in [1.54, 1.807) is 0 Å². The van der Waals surface area contributed by atoms with Gasteiger partial charge in [0, 0.05) is 30.1 Å². The van der Waals surface area contributed by atoms with Gasteiger partial charge in [-0.3, -0.25) is 9.79 Å². The SMILES string of the molecule is CC1(C)C=C(C(=O)Nc2cccc(C3CN4CCSC4=N3)c2)C=CC1. The predicted molar refractivity (Wildman–Crippen MR) is 105 cm³/mol. The summed E-state index contributed by atoms with van der Waals surface area (Å²) >= 11 is 1.84. The maximum absolute atomic E-state index is 12.6. The summed E-state index contributed by atoms with van der Waals surface area (Å²) < 4.78 is 0. The highest BCUT2D eigenvalue weighted by atomic mass is 32.2. The van der Waals surface area contributed by atoms with Crippen LogP contribution in [0.15, 0.2) is 53.1 Å². The minimum atomic E-state index is -0.0462. The Morgan fingerprint density at radius 2 is 2.28 bits per heavy atom. The largest absolute Gasteiger partial charge is 0.348 e. The van der Waals surface area contributed by atoms with Crippen molar-refractivity contribution in [2.75, 3.05) is 24.2 Å². The van der Waals surface area contributed by atoms with E-state index >= 15 is 0 Å². The van der Waals surface area contributed by atoms with Crippen LogP contribution in [0.5, 0.6) is 0 Å². The molecule has 4 rings (SSSR count). The summed E-state index contributed by atoms with van der Waals surface area (Å²) in [6, 6.07) is 8.26. The zero-order valence-electron chi connectivity index (χ0n) is 14.7. The third-order valence-electron chi connectivity index (χ3n) is 4.80. The first-order chi connectivity index (χ1) is 12.0. The van der Waals surface area contributed by atoms with Crippen molar-refractivity contribution in [2.24, 2.45) is 10.4 Å². The molecule has 1 N–H and O–H groups in total.